The molecule has 1 heterocycles. The molecule has 0 aliphatic heterocycles. The van der Waals surface area contributed by atoms with Crippen molar-refractivity contribution in [1.82, 2.24) is 9.97 Å². The van der Waals surface area contributed by atoms with Gasteiger partial charge in [0.25, 0.3) is 0 Å². The molecule has 0 aliphatic carbocycles. The van der Waals surface area contributed by atoms with Gasteiger partial charge in [-0.2, -0.15) is 4.98 Å². The van der Waals surface area contributed by atoms with Gasteiger partial charge in [0.05, 0.1) is 12.2 Å². The average molecular weight is 271 g/mol. The Morgan fingerprint density at radius 2 is 1.90 bits per heavy atom. The SMILES string of the molecule is CCc1nc(N)c(C)c(OCCCc2ccccc2)n1. The van der Waals surface area contributed by atoms with E-state index in [0.29, 0.717) is 18.3 Å². The summed E-state index contributed by atoms with van der Waals surface area (Å²) in [6.07, 6.45) is 2.71. The van der Waals surface area contributed by atoms with Crippen LogP contribution in [0, 0.1) is 6.92 Å². The monoisotopic (exact) mass is 271 g/mol. The molecule has 2 N–H and O–H groups in total. The third-order valence-corrected chi connectivity index (χ3v) is 3.19. The van der Waals surface area contributed by atoms with Gasteiger partial charge >= 0.3 is 0 Å². The molecule has 20 heavy (non-hydrogen) atoms. The molecular weight excluding hydrogens is 250 g/mol. The minimum Gasteiger partial charge on any atom is -0.477 e. The highest BCUT2D eigenvalue weighted by Gasteiger charge is 2.08. The quantitative estimate of drug-likeness (QED) is 0.821. The molecule has 0 radical (unpaired) electrons. The summed E-state index contributed by atoms with van der Waals surface area (Å²) >= 11 is 0. The van der Waals surface area contributed by atoms with Crippen LogP contribution in [0.4, 0.5) is 5.82 Å². The smallest absolute Gasteiger partial charge is 0.221 e. The van der Waals surface area contributed by atoms with Gasteiger partial charge in [-0.05, 0) is 25.3 Å². The summed E-state index contributed by atoms with van der Waals surface area (Å²) in [4.78, 5) is 8.60. The first kappa shape index (κ1) is 14.3. The lowest BCUT2D eigenvalue weighted by Gasteiger charge is -2.10. The second-order valence-corrected chi connectivity index (χ2v) is 4.75. The van der Waals surface area contributed by atoms with Gasteiger partial charge in [0, 0.05) is 6.42 Å². The van der Waals surface area contributed by atoms with Crippen molar-refractivity contribution in [1.29, 1.82) is 0 Å². The molecule has 1 aromatic carbocycles. The van der Waals surface area contributed by atoms with Crippen LogP contribution in [0.25, 0.3) is 0 Å². The van der Waals surface area contributed by atoms with Crippen LogP contribution in [0.2, 0.25) is 0 Å². The fourth-order valence-electron chi connectivity index (χ4n) is 1.95. The summed E-state index contributed by atoms with van der Waals surface area (Å²) in [7, 11) is 0. The highest BCUT2D eigenvalue weighted by molar-refractivity contribution is 5.44. The predicted octanol–water partition coefficient (Wildman–Crippen LogP) is 2.94. The third kappa shape index (κ3) is 3.70. The summed E-state index contributed by atoms with van der Waals surface area (Å²) < 4.78 is 5.75. The Labute approximate surface area is 120 Å². The first-order valence-electron chi connectivity index (χ1n) is 7.00. The molecule has 0 bridgehead atoms. The van der Waals surface area contributed by atoms with Crippen molar-refractivity contribution in [3.63, 3.8) is 0 Å². The Bertz CT molecular complexity index is 555. The molecule has 0 saturated carbocycles. The lowest BCUT2D eigenvalue weighted by molar-refractivity contribution is 0.296. The summed E-state index contributed by atoms with van der Waals surface area (Å²) in [6.45, 7) is 4.53. The third-order valence-electron chi connectivity index (χ3n) is 3.19. The highest BCUT2D eigenvalue weighted by atomic mass is 16.5. The van der Waals surface area contributed by atoms with Gasteiger partial charge in [-0.3, -0.25) is 0 Å². The van der Waals surface area contributed by atoms with E-state index in [1.807, 2.05) is 19.9 Å². The fourth-order valence-corrected chi connectivity index (χ4v) is 1.95. The first-order valence-corrected chi connectivity index (χ1v) is 7.00. The normalized spacial score (nSPS) is 10.5. The topological polar surface area (TPSA) is 61.0 Å². The van der Waals surface area contributed by atoms with E-state index in [9.17, 15) is 0 Å². The molecule has 0 spiro atoms. The second kappa shape index (κ2) is 6.89. The maximum absolute atomic E-state index is 5.86. The Hall–Kier alpha value is -2.10. The fraction of sp³-hybridized carbons (Fsp3) is 0.375. The number of nitrogen functional groups attached to an aromatic ring is 1. The number of rotatable bonds is 6. The maximum Gasteiger partial charge on any atom is 0.221 e. The number of benzene rings is 1. The van der Waals surface area contributed by atoms with Crippen LogP contribution < -0.4 is 10.5 Å². The van der Waals surface area contributed by atoms with Crippen LogP contribution in [-0.4, -0.2) is 16.6 Å². The van der Waals surface area contributed by atoms with Crippen molar-refractivity contribution in [3.8, 4) is 5.88 Å². The largest absolute Gasteiger partial charge is 0.477 e. The van der Waals surface area contributed by atoms with Crippen molar-refractivity contribution in [2.24, 2.45) is 0 Å². The number of hydrogen-bond acceptors (Lipinski definition) is 4. The molecular formula is C16H21N3O. The first-order chi connectivity index (χ1) is 9.70. The zero-order valence-corrected chi connectivity index (χ0v) is 12.1. The van der Waals surface area contributed by atoms with Crippen molar-refractivity contribution < 1.29 is 4.74 Å². The summed E-state index contributed by atoms with van der Waals surface area (Å²) in [5.74, 6) is 1.85. The lowest BCUT2D eigenvalue weighted by Crippen LogP contribution is -2.08. The molecule has 0 fully saturated rings. The van der Waals surface area contributed by atoms with E-state index in [0.717, 1.165) is 30.7 Å². The number of ether oxygens (including phenoxy) is 1. The van der Waals surface area contributed by atoms with Gasteiger partial charge < -0.3 is 10.5 Å². The Balaban J connectivity index is 1.89. The van der Waals surface area contributed by atoms with Crippen molar-refractivity contribution >= 4 is 5.82 Å². The zero-order valence-electron chi connectivity index (χ0n) is 12.1. The van der Waals surface area contributed by atoms with Crippen LogP contribution in [0.5, 0.6) is 5.88 Å². The van der Waals surface area contributed by atoms with Gasteiger partial charge in [-0.15, -0.1) is 0 Å². The lowest BCUT2D eigenvalue weighted by atomic mass is 10.1. The molecule has 106 valence electrons. The molecule has 1 aromatic heterocycles. The van der Waals surface area contributed by atoms with E-state index >= 15 is 0 Å². The van der Waals surface area contributed by atoms with Crippen molar-refractivity contribution in [2.75, 3.05) is 12.3 Å². The minimum atomic E-state index is 0.509. The van der Waals surface area contributed by atoms with Gasteiger partial charge in [0.2, 0.25) is 5.88 Å². The molecule has 0 aliphatic rings. The van der Waals surface area contributed by atoms with E-state index in [1.165, 1.54) is 5.56 Å². The Morgan fingerprint density at radius 1 is 1.15 bits per heavy atom. The van der Waals surface area contributed by atoms with Crippen molar-refractivity contribution in [2.45, 2.75) is 33.1 Å². The molecule has 4 nitrogen and oxygen atoms in total. The molecule has 2 rings (SSSR count). The number of nitrogens with two attached hydrogens (primary N) is 1. The zero-order chi connectivity index (χ0) is 14.4. The standard InChI is InChI=1S/C16H21N3O/c1-3-14-18-15(17)12(2)16(19-14)20-11-7-10-13-8-5-4-6-9-13/h4-6,8-9H,3,7,10-11H2,1-2H3,(H2,17,18,19). The number of hydrogen-bond donors (Lipinski definition) is 1. The number of aromatic nitrogens is 2. The van der Waals surface area contributed by atoms with Crippen LogP contribution in [0.1, 0.15) is 30.3 Å². The minimum absolute atomic E-state index is 0.509. The van der Waals surface area contributed by atoms with Crippen LogP contribution in [-0.2, 0) is 12.8 Å². The van der Waals surface area contributed by atoms with Crippen LogP contribution in [0.15, 0.2) is 30.3 Å². The van der Waals surface area contributed by atoms with E-state index in [4.69, 9.17) is 10.5 Å². The molecule has 2 aromatic rings. The average Bonchev–Trinajstić information content (AvgIpc) is 2.48. The summed E-state index contributed by atoms with van der Waals surface area (Å²) in [5, 5.41) is 0. The molecule has 4 heteroatoms. The van der Waals surface area contributed by atoms with E-state index in [-0.39, 0.29) is 0 Å². The molecule has 0 amide bonds. The Kier molecular flexibility index (Phi) is 4.93. The number of anilines is 1. The van der Waals surface area contributed by atoms with Crippen LogP contribution >= 0.6 is 0 Å². The van der Waals surface area contributed by atoms with Crippen LogP contribution in [0.3, 0.4) is 0 Å². The molecule has 0 atom stereocenters. The highest BCUT2D eigenvalue weighted by Crippen LogP contribution is 2.20. The van der Waals surface area contributed by atoms with Gasteiger partial charge in [-0.1, -0.05) is 37.3 Å². The van der Waals surface area contributed by atoms with Gasteiger partial charge in [0.15, 0.2) is 0 Å². The van der Waals surface area contributed by atoms with Gasteiger partial charge in [-0.25, -0.2) is 4.98 Å². The number of nitrogens with zero attached hydrogens (tertiary/aromatic N) is 2. The number of aryl methyl sites for hydroxylation is 2. The molecule has 0 unspecified atom stereocenters. The van der Waals surface area contributed by atoms with E-state index < -0.39 is 0 Å². The Morgan fingerprint density at radius 3 is 2.60 bits per heavy atom. The summed E-state index contributed by atoms with van der Waals surface area (Å²) in [6, 6.07) is 10.4. The maximum atomic E-state index is 5.86. The second-order valence-electron chi connectivity index (χ2n) is 4.75. The summed E-state index contributed by atoms with van der Waals surface area (Å²) in [5.41, 5.74) is 8.01. The van der Waals surface area contributed by atoms with Gasteiger partial charge in [0.1, 0.15) is 11.6 Å². The predicted molar refractivity (Wildman–Crippen MR) is 80.8 cm³/mol. The molecule has 0 saturated heterocycles. The van der Waals surface area contributed by atoms with E-state index in [2.05, 4.69) is 34.2 Å². The van der Waals surface area contributed by atoms with Crippen molar-refractivity contribution in [3.05, 3.63) is 47.3 Å². The van der Waals surface area contributed by atoms with E-state index in [1.54, 1.807) is 0 Å².